The van der Waals surface area contributed by atoms with Crippen LogP contribution in [0.25, 0.3) is 0 Å². The van der Waals surface area contributed by atoms with E-state index in [2.05, 4.69) is 0 Å². The van der Waals surface area contributed by atoms with Crippen LogP contribution in [0.2, 0.25) is 0 Å². The van der Waals surface area contributed by atoms with Crippen LogP contribution in [0.5, 0.6) is 0 Å². The second kappa shape index (κ2) is 7.25. The molecule has 0 spiro atoms. The summed E-state index contributed by atoms with van der Waals surface area (Å²) in [5, 5.41) is 0. The minimum Gasteiger partial charge on any atom is -0.347 e. The van der Waals surface area contributed by atoms with Crippen molar-refractivity contribution in [1.82, 2.24) is 9.80 Å². The molecule has 0 aromatic heterocycles. The van der Waals surface area contributed by atoms with Gasteiger partial charge in [0.15, 0.2) is 0 Å². The molecule has 1 saturated heterocycles. The van der Waals surface area contributed by atoms with E-state index < -0.39 is 0 Å². The average molecular weight is 295 g/mol. The molecule has 5 heteroatoms. The van der Waals surface area contributed by atoms with Gasteiger partial charge in [0.25, 0.3) is 0 Å². The first-order valence-electron chi connectivity index (χ1n) is 8.23. The summed E-state index contributed by atoms with van der Waals surface area (Å²) < 4.78 is 0. The van der Waals surface area contributed by atoms with Crippen LogP contribution in [-0.4, -0.2) is 54.8 Å². The van der Waals surface area contributed by atoms with Crippen molar-refractivity contribution in [2.24, 2.45) is 17.6 Å². The Labute approximate surface area is 127 Å². The summed E-state index contributed by atoms with van der Waals surface area (Å²) in [6.45, 7) is 1.51. The van der Waals surface area contributed by atoms with Gasteiger partial charge in [-0.25, -0.2) is 0 Å². The summed E-state index contributed by atoms with van der Waals surface area (Å²) in [5.74, 6) is 1.36. The minimum atomic E-state index is -0.229. The third-order valence-corrected chi connectivity index (χ3v) is 5.06. The quantitative estimate of drug-likeness (QED) is 0.848. The van der Waals surface area contributed by atoms with E-state index in [9.17, 15) is 9.59 Å². The fourth-order valence-corrected chi connectivity index (χ4v) is 3.66. The van der Waals surface area contributed by atoms with E-state index in [1.807, 2.05) is 4.90 Å². The largest absolute Gasteiger partial charge is 0.347 e. The Morgan fingerprint density at radius 2 is 1.71 bits per heavy atom. The number of hydrogen-bond donors (Lipinski definition) is 1. The molecule has 1 aliphatic carbocycles. The van der Waals surface area contributed by atoms with Crippen LogP contribution in [0, 0.1) is 11.8 Å². The highest BCUT2D eigenvalue weighted by Gasteiger charge is 2.35. The van der Waals surface area contributed by atoms with E-state index in [1.54, 1.807) is 19.0 Å². The molecule has 1 heterocycles. The number of rotatable bonds is 4. The molecule has 5 nitrogen and oxygen atoms in total. The maximum absolute atomic E-state index is 12.5. The fraction of sp³-hybridized carbons (Fsp3) is 0.875. The zero-order valence-corrected chi connectivity index (χ0v) is 13.4. The Morgan fingerprint density at radius 1 is 1.10 bits per heavy atom. The van der Waals surface area contributed by atoms with E-state index in [0.29, 0.717) is 18.3 Å². The van der Waals surface area contributed by atoms with E-state index in [4.69, 9.17) is 5.73 Å². The Bertz CT molecular complexity index is 376. The van der Waals surface area contributed by atoms with E-state index in [0.717, 1.165) is 51.6 Å². The lowest BCUT2D eigenvalue weighted by Crippen LogP contribution is -2.46. The summed E-state index contributed by atoms with van der Waals surface area (Å²) in [6.07, 6.45) is 6.86. The normalized spacial score (nSPS) is 29.5. The van der Waals surface area contributed by atoms with Crippen molar-refractivity contribution in [2.45, 2.75) is 51.0 Å². The second-order valence-corrected chi connectivity index (χ2v) is 6.80. The maximum atomic E-state index is 12.5. The standard InChI is InChI=1S/C16H29N3O2/c1-18(2)16(21)14-4-3-9-19(14)15(20)10-12-5-7-13(11-17)8-6-12/h12-14H,3-11,17H2,1-2H3. The van der Waals surface area contributed by atoms with Gasteiger partial charge in [0, 0.05) is 27.1 Å². The molecule has 2 N–H and O–H groups in total. The van der Waals surface area contributed by atoms with Crippen LogP contribution in [0.1, 0.15) is 44.9 Å². The summed E-state index contributed by atoms with van der Waals surface area (Å²) in [7, 11) is 3.52. The summed E-state index contributed by atoms with van der Waals surface area (Å²) in [5.41, 5.74) is 5.71. The smallest absolute Gasteiger partial charge is 0.244 e. The van der Waals surface area contributed by atoms with Crippen LogP contribution >= 0.6 is 0 Å². The van der Waals surface area contributed by atoms with Gasteiger partial charge in [-0.05, 0) is 56.9 Å². The lowest BCUT2D eigenvalue weighted by Gasteiger charge is -2.30. The first-order valence-corrected chi connectivity index (χ1v) is 8.23. The van der Waals surface area contributed by atoms with Gasteiger partial charge in [-0.3, -0.25) is 9.59 Å². The van der Waals surface area contributed by atoms with Crippen molar-refractivity contribution in [1.29, 1.82) is 0 Å². The van der Waals surface area contributed by atoms with Crippen LogP contribution in [0.3, 0.4) is 0 Å². The zero-order chi connectivity index (χ0) is 15.4. The molecule has 1 saturated carbocycles. The highest BCUT2D eigenvalue weighted by atomic mass is 16.2. The molecular formula is C16H29N3O2. The number of likely N-dealkylation sites (tertiary alicyclic amines) is 1. The monoisotopic (exact) mass is 295 g/mol. The predicted molar refractivity (Wildman–Crippen MR) is 82.5 cm³/mol. The van der Waals surface area contributed by atoms with Crippen molar-refractivity contribution in [3.05, 3.63) is 0 Å². The van der Waals surface area contributed by atoms with Gasteiger partial charge < -0.3 is 15.5 Å². The van der Waals surface area contributed by atoms with E-state index >= 15 is 0 Å². The number of likely N-dealkylation sites (N-methyl/N-ethyl adjacent to an activating group) is 1. The zero-order valence-electron chi connectivity index (χ0n) is 13.4. The third kappa shape index (κ3) is 3.96. The molecule has 0 aromatic carbocycles. The van der Waals surface area contributed by atoms with Gasteiger partial charge in [-0.1, -0.05) is 0 Å². The third-order valence-electron chi connectivity index (χ3n) is 5.06. The van der Waals surface area contributed by atoms with Gasteiger partial charge in [0.2, 0.25) is 11.8 Å². The Kier molecular flexibility index (Phi) is 5.62. The van der Waals surface area contributed by atoms with Crippen molar-refractivity contribution in [3.8, 4) is 0 Å². The van der Waals surface area contributed by atoms with Crippen LogP contribution < -0.4 is 5.73 Å². The Morgan fingerprint density at radius 3 is 2.29 bits per heavy atom. The lowest BCUT2D eigenvalue weighted by atomic mass is 9.80. The Balaban J connectivity index is 1.86. The number of carbonyl (C=O) groups excluding carboxylic acids is 2. The van der Waals surface area contributed by atoms with Gasteiger partial charge in [0.1, 0.15) is 6.04 Å². The van der Waals surface area contributed by atoms with Gasteiger partial charge in [-0.15, -0.1) is 0 Å². The molecule has 0 aromatic rings. The number of carbonyl (C=O) groups is 2. The molecule has 1 atom stereocenters. The molecule has 2 amide bonds. The molecule has 0 radical (unpaired) electrons. The number of amides is 2. The molecule has 21 heavy (non-hydrogen) atoms. The Hall–Kier alpha value is -1.10. The minimum absolute atomic E-state index is 0.0627. The van der Waals surface area contributed by atoms with Gasteiger partial charge >= 0.3 is 0 Å². The molecular weight excluding hydrogens is 266 g/mol. The summed E-state index contributed by atoms with van der Waals surface area (Å²) in [4.78, 5) is 28.1. The average Bonchev–Trinajstić information content (AvgIpc) is 2.96. The van der Waals surface area contributed by atoms with Crippen molar-refractivity contribution >= 4 is 11.8 Å². The van der Waals surface area contributed by atoms with Crippen molar-refractivity contribution < 1.29 is 9.59 Å². The van der Waals surface area contributed by atoms with Crippen molar-refractivity contribution in [2.75, 3.05) is 27.2 Å². The van der Waals surface area contributed by atoms with Crippen LogP contribution in [-0.2, 0) is 9.59 Å². The molecule has 2 fully saturated rings. The predicted octanol–water partition coefficient (Wildman–Crippen LogP) is 1.22. The van der Waals surface area contributed by atoms with Gasteiger partial charge in [0.05, 0.1) is 0 Å². The first kappa shape index (κ1) is 16.3. The summed E-state index contributed by atoms with van der Waals surface area (Å²) in [6, 6.07) is -0.229. The molecule has 0 bridgehead atoms. The maximum Gasteiger partial charge on any atom is 0.244 e. The topological polar surface area (TPSA) is 66.6 Å². The molecule has 120 valence electrons. The highest BCUT2D eigenvalue weighted by Crippen LogP contribution is 2.31. The lowest BCUT2D eigenvalue weighted by molar-refractivity contribution is -0.143. The number of nitrogens with two attached hydrogens (primary N) is 1. The fourth-order valence-electron chi connectivity index (χ4n) is 3.66. The van der Waals surface area contributed by atoms with E-state index in [1.165, 1.54) is 0 Å². The number of nitrogens with zero attached hydrogens (tertiary/aromatic N) is 2. The van der Waals surface area contributed by atoms with Crippen molar-refractivity contribution in [3.63, 3.8) is 0 Å². The van der Waals surface area contributed by atoms with E-state index in [-0.39, 0.29) is 17.9 Å². The summed E-state index contributed by atoms with van der Waals surface area (Å²) >= 11 is 0. The SMILES string of the molecule is CN(C)C(=O)C1CCCN1C(=O)CC1CCC(CN)CC1. The first-order chi connectivity index (χ1) is 10.0. The molecule has 1 aliphatic heterocycles. The van der Waals surface area contributed by atoms with Crippen LogP contribution in [0.4, 0.5) is 0 Å². The number of hydrogen-bond acceptors (Lipinski definition) is 3. The van der Waals surface area contributed by atoms with Gasteiger partial charge in [-0.2, -0.15) is 0 Å². The van der Waals surface area contributed by atoms with Crippen LogP contribution in [0.15, 0.2) is 0 Å². The molecule has 1 unspecified atom stereocenters. The highest BCUT2D eigenvalue weighted by molar-refractivity contribution is 5.88. The molecule has 2 aliphatic rings. The second-order valence-electron chi connectivity index (χ2n) is 6.80. The molecule has 2 rings (SSSR count).